The SMILES string of the molecule is Cc1ccc(C)c(CN(C)c2ccncc2N)c1. The maximum atomic E-state index is 5.94. The predicted molar refractivity (Wildman–Crippen MR) is 76.7 cm³/mol. The van der Waals surface area contributed by atoms with Crippen molar-refractivity contribution in [2.45, 2.75) is 20.4 Å². The number of nitrogens with two attached hydrogens (primary N) is 1. The van der Waals surface area contributed by atoms with Crippen molar-refractivity contribution in [3.05, 3.63) is 53.3 Å². The van der Waals surface area contributed by atoms with Crippen LogP contribution in [0.25, 0.3) is 0 Å². The summed E-state index contributed by atoms with van der Waals surface area (Å²) in [6.07, 6.45) is 3.46. The number of aromatic nitrogens is 1. The molecule has 0 amide bonds. The van der Waals surface area contributed by atoms with Gasteiger partial charge in [0.05, 0.1) is 17.6 Å². The number of anilines is 2. The van der Waals surface area contributed by atoms with Gasteiger partial charge < -0.3 is 10.6 Å². The Labute approximate surface area is 108 Å². The molecule has 3 nitrogen and oxygen atoms in total. The molecule has 0 bridgehead atoms. The highest BCUT2D eigenvalue weighted by atomic mass is 15.1. The number of nitrogens with zero attached hydrogens (tertiary/aromatic N) is 2. The van der Waals surface area contributed by atoms with Crippen LogP contribution in [0.5, 0.6) is 0 Å². The van der Waals surface area contributed by atoms with Crippen LogP contribution < -0.4 is 10.6 Å². The molecule has 0 saturated heterocycles. The van der Waals surface area contributed by atoms with Gasteiger partial charge in [-0.05, 0) is 31.0 Å². The summed E-state index contributed by atoms with van der Waals surface area (Å²) >= 11 is 0. The molecular formula is C15H19N3. The van der Waals surface area contributed by atoms with Crippen LogP contribution in [-0.2, 0) is 6.54 Å². The standard InChI is InChI=1S/C15H19N3/c1-11-4-5-12(2)13(8-11)10-18(3)15-6-7-17-9-14(15)16/h4-9H,10,16H2,1-3H3. The minimum Gasteiger partial charge on any atom is -0.396 e. The molecule has 0 radical (unpaired) electrons. The van der Waals surface area contributed by atoms with Crippen molar-refractivity contribution in [1.29, 1.82) is 0 Å². The molecule has 0 spiro atoms. The topological polar surface area (TPSA) is 42.2 Å². The zero-order valence-electron chi connectivity index (χ0n) is 11.1. The van der Waals surface area contributed by atoms with Gasteiger partial charge >= 0.3 is 0 Å². The second-order valence-electron chi connectivity index (χ2n) is 4.72. The number of rotatable bonds is 3. The fourth-order valence-electron chi connectivity index (χ4n) is 2.06. The lowest BCUT2D eigenvalue weighted by atomic mass is 10.1. The quantitative estimate of drug-likeness (QED) is 0.898. The number of hydrogen-bond acceptors (Lipinski definition) is 3. The summed E-state index contributed by atoms with van der Waals surface area (Å²) in [6, 6.07) is 8.47. The molecule has 94 valence electrons. The molecule has 1 heterocycles. The second kappa shape index (κ2) is 5.08. The molecule has 3 heteroatoms. The van der Waals surface area contributed by atoms with E-state index in [9.17, 15) is 0 Å². The van der Waals surface area contributed by atoms with Crippen molar-refractivity contribution in [3.8, 4) is 0 Å². The summed E-state index contributed by atoms with van der Waals surface area (Å²) in [6.45, 7) is 5.10. The van der Waals surface area contributed by atoms with Crippen LogP contribution in [-0.4, -0.2) is 12.0 Å². The Kier molecular flexibility index (Phi) is 3.51. The number of aryl methyl sites for hydroxylation is 2. The molecule has 1 aromatic heterocycles. The first-order chi connectivity index (χ1) is 8.58. The van der Waals surface area contributed by atoms with E-state index in [1.165, 1.54) is 16.7 Å². The fourth-order valence-corrected chi connectivity index (χ4v) is 2.06. The van der Waals surface area contributed by atoms with Crippen molar-refractivity contribution < 1.29 is 0 Å². The summed E-state index contributed by atoms with van der Waals surface area (Å²) < 4.78 is 0. The Morgan fingerprint density at radius 2 is 2.00 bits per heavy atom. The fraction of sp³-hybridized carbons (Fsp3) is 0.267. The minimum absolute atomic E-state index is 0.713. The monoisotopic (exact) mass is 241 g/mol. The summed E-state index contributed by atoms with van der Waals surface area (Å²) in [4.78, 5) is 6.17. The van der Waals surface area contributed by atoms with Crippen molar-refractivity contribution in [3.63, 3.8) is 0 Å². The summed E-state index contributed by atoms with van der Waals surface area (Å²) in [5.74, 6) is 0. The molecule has 0 aliphatic carbocycles. The largest absolute Gasteiger partial charge is 0.396 e. The molecule has 0 atom stereocenters. The van der Waals surface area contributed by atoms with E-state index in [2.05, 4.69) is 41.9 Å². The van der Waals surface area contributed by atoms with Gasteiger partial charge in [0.2, 0.25) is 0 Å². The van der Waals surface area contributed by atoms with Crippen molar-refractivity contribution in [1.82, 2.24) is 4.98 Å². The Balaban J connectivity index is 2.24. The second-order valence-corrected chi connectivity index (χ2v) is 4.72. The van der Waals surface area contributed by atoms with Gasteiger partial charge in [0.1, 0.15) is 0 Å². The summed E-state index contributed by atoms with van der Waals surface area (Å²) in [5, 5.41) is 0. The molecule has 1 aromatic carbocycles. The third kappa shape index (κ3) is 2.62. The van der Waals surface area contributed by atoms with Crippen LogP contribution in [0.4, 0.5) is 11.4 Å². The molecule has 0 unspecified atom stereocenters. The molecule has 2 rings (SSSR count). The Morgan fingerprint density at radius 1 is 1.22 bits per heavy atom. The highest BCUT2D eigenvalue weighted by molar-refractivity contribution is 5.65. The van der Waals surface area contributed by atoms with Crippen LogP contribution in [0.2, 0.25) is 0 Å². The van der Waals surface area contributed by atoms with Gasteiger partial charge in [0, 0.05) is 19.8 Å². The van der Waals surface area contributed by atoms with E-state index >= 15 is 0 Å². The van der Waals surface area contributed by atoms with Gasteiger partial charge in [0.15, 0.2) is 0 Å². The average Bonchev–Trinajstić information content (AvgIpc) is 2.34. The van der Waals surface area contributed by atoms with Gasteiger partial charge in [-0.3, -0.25) is 4.98 Å². The molecular weight excluding hydrogens is 222 g/mol. The molecule has 0 aliphatic heterocycles. The van der Waals surface area contributed by atoms with Crippen molar-refractivity contribution >= 4 is 11.4 Å². The van der Waals surface area contributed by atoms with Gasteiger partial charge in [-0.2, -0.15) is 0 Å². The Hall–Kier alpha value is -2.03. The van der Waals surface area contributed by atoms with Gasteiger partial charge in [-0.15, -0.1) is 0 Å². The Morgan fingerprint density at radius 3 is 2.72 bits per heavy atom. The third-order valence-corrected chi connectivity index (χ3v) is 3.15. The first kappa shape index (κ1) is 12.4. The van der Waals surface area contributed by atoms with Crippen LogP contribution in [0, 0.1) is 13.8 Å². The lowest BCUT2D eigenvalue weighted by Crippen LogP contribution is -2.18. The number of hydrogen-bond donors (Lipinski definition) is 1. The van der Waals surface area contributed by atoms with Gasteiger partial charge in [0.25, 0.3) is 0 Å². The summed E-state index contributed by atoms with van der Waals surface area (Å²) in [7, 11) is 2.05. The normalized spacial score (nSPS) is 10.4. The number of nitrogen functional groups attached to an aromatic ring is 1. The third-order valence-electron chi connectivity index (χ3n) is 3.15. The maximum Gasteiger partial charge on any atom is 0.0738 e. The lowest BCUT2D eigenvalue weighted by molar-refractivity contribution is 0.912. The zero-order chi connectivity index (χ0) is 13.1. The van der Waals surface area contributed by atoms with Crippen molar-refractivity contribution in [2.24, 2.45) is 0 Å². The smallest absolute Gasteiger partial charge is 0.0738 e. The van der Waals surface area contributed by atoms with Crippen LogP contribution >= 0.6 is 0 Å². The van der Waals surface area contributed by atoms with Gasteiger partial charge in [-0.1, -0.05) is 23.8 Å². The lowest BCUT2D eigenvalue weighted by Gasteiger charge is -2.22. The minimum atomic E-state index is 0.713. The van der Waals surface area contributed by atoms with E-state index in [1.54, 1.807) is 12.4 Å². The van der Waals surface area contributed by atoms with E-state index in [0.717, 1.165) is 12.2 Å². The van der Waals surface area contributed by atoms with E-state index in [4.69, 9.17) is 5.73 Å². The van der Waals surface area contributed by atoms with Crippen LogP contribution in [0.15, 0.2) is 36.7 Å². The van der Waals surface area contributed by atoms with Gasteiger partial charge in [-0.25, -0.2) is 0 Å². The first-order valence-corrected chi connectivity index (χ1v) is 6.04. The summed E-state index contributed by atoms with van der Waals surface area (Å²) in [5.41, 5.74) is 11.6. The first-order valence-electron chi connectivity index (χ1n) is 6.04. The Bertz CT molecular complexity index is 549. The molecule has 0 fully saturated rings. The van der Waals surface area contributed by atoms with Crippen molar-refractivity contribution in [2.75, 3.05) is 17.7 Å². The highest BCUT2D eigenvalue weighted by Gasteiger charge is 2.07. The van der Waals surface area contributed by atoms with Crippen LogP contribution in [0.3, 0.4) is 0 Å². The van der Waals surface area contributed by atoms with E-state index in [-0.39, 0.29) is 0 Å². The number of pyridine rings is 1. The average molecular weight is 241 g/mol. The zero-order valence-corrected chi connectivity index (χ0v) is 11.1. The van der Waals surface area contributed by atoms with E-state index in [0.29, 0.717) is 5.69 Å². The predicted octanol–water partition coefficient (Wildman–Crippen LogP) is 2.92. The van der Waals surface area contributed by atoms with E-state index < -0.39 is 0 Å². The molecule has 0 aliphatic rings. The molecule has 2 aromatic rings. The molecule has 2 N–H and O–H groups in total. The highest BCUT2D eigenvalue weighted by Crippen LogP contribution is 2.22. The number of benzene rings is 1. The molecule has 18 heavy (non-hydrogen) atoms. The molecule has 0 saturated carbocycles. The van der Waals surface area contributed by atoms with Crippen LogP contribution in [0.1, 0.15) is 16.7 Å². The van der Waals surface area contributed by atoms with E-state index in [1.807, 2.05) is 13.1 Å². The maximum absolute atomic E-state index is 5.94.